The Labute approximate surface area is 380 Å². The number of carbonyl (C=O) groups is 2. The molecule has 4 heterocycles. The van der Waals surface area contributed by atoms with Gasteiger partial charge in [-0.2, -0.15) is 23.2 Å². The van der Waals surface area contributed by atoms with E-state index in [1.165, 1.54) is 73.0 Å². The molecule has 0 radical (unpaired) electrons. The van der Waals surface area contributed by atoms with Gasteiger partial charge in [0.2, 0.25) is 5.91 Å². The fourth-order valence-electron chi connectivity index (χ4n) is 6.87. The number of halogens is 2. The Kier molecular flexibility index (Phi) is 16.3. The van der Waals surface area contributed by atoms with E-state index in [-0.39, 0.29) is 77.1 Å². The average molecular weight is 865 g/mol. The summed E-state index contributed by atoms with van der Waals surface area (Å²) < 4.78 is 48.0. The van der Waals surface area contributed by atoms with Crippen LogP contribution >= 0.6 is 12.1 Å². The van der Waals surface area contributed by atoms with E-state index >= 15 is 0 Å². The number of nitriles is 1. The fraction of sp³-hybridized carbons (Fsp3) is 0.395. The zero-order chi connectivity index (χ0) is 43.1. The number of aromatic nitrogens is 4. The fourth-order valence-corrected chi connectivity index (χ4v) is 7.42. The molecule has 3 fully saturated rings. The minimum atomic E-state index is -0.685. The van der Waals surface area contributed by atoms with Crippen molar-refractivity contribution in [1.29, 1.82) is 5.26 Å². The van der Waals surface area contributed by atoms with Crippen LogP contribution in [0.25, 0.3) is 21.8 Å². The standard InChI is InChI=1S/C26H28FN5O3S.C12H11FN4O2.C5H10.Na/c1-5-26(6-2)13-17(15-34-26)32-16-29-22-10-8-18(12-19(22)25(32)33)35-24-20(14-28)23(11-9-21(24)27)30-36-31(4)7-3;1-16-9-3-2-7(13)6-8(9)11(15-16)17-5-4-10(18)14-12(17)19;1-5-3-2-4-5;/h8-12,16-17,30H,1-2,5-7,13,15H2,3-4H3;2-3,6H,4-5H2,1H3,(H,14,18,19);5H,2-4H2,1H3;/q-2;;;+1. The molecular weight excluding hydrogens is 816 g/mol. The van der Waals surface area contributed by atoms with Crippen LogP contribution in [0, 0.1) is 42.7 Å². The molecule has 2 aromatic heterocycles. The molecule has 8 rings (SSSR count). The summed E-state index contributed by atoms with van der Waals surface area (Å²) >= 11 is 1.28. The smallest absolute Gasteiger partial charge is 0.453 e. The van der Waals surface area contributed by atoms with E-state index in [1.807, 2.05) is 24.3 Å². The Balaban J connectivity index is 0.000000233. The summed E-state index contributed by atoms with van der Waals surface area (Å²) in [6, 6.07) is 13.1. The number of rotatable bonds is 10. The molecule has 3 aromatic carbocycles. The number of nitrogens with one attached hydrogen (secondary N) is 2. The van der Waals surface area contributed by atoms with Gasteiger partial charge in [0.25, 0.3) is 5.56 Å². The second-order valence-electron chi connectivity index (χ2n) is 15.0. The number of anilines is 2. The number of fused-ring (bicyclic) bond motifs is 2. The average Bonchev–Trinajstić information content (AvgIpc) is 3.81. The Bertz CT molecular complexity index is 2470. The van der Waals surface area contributed by atoms with Crippen molar-refractivity contribution in [3.63, 3.8) is 0 Å². The minimum Gasteiger partial charge on any atom is -0.453 e. The van der Waals surface area contributed by atoms with E-state index in [1.54, 1.807) is 34.5 Å². The monoisotopic (exact) mass is 864 g/mol. The van der Waals surface area contributed by atoms with Crippen molar-refractivity contribution in [3.05, 3.63) is 96.3 Å². The molecule has 318 valence electrons. The van der Waals surface area contributed by atoms with Gasteiger partial charge in [0.15, 0.2) is 17.4 Å². The molecule has 1 atom stereocenters. The van der Waals surface area contributed by atoms with Crippen LogP contribution in [0.2, 0.25) is 0 Å². The first-order valence-corrected chi connectivity index (χ1v) is 20.6. The first-order valence-electron chi connectivity index (χ1n) is 19.8. The van der Waals surface area contributed by atoms with Crippen molar-refractivity contribution in [2.45, 2.75) is 70.4 Å². The van der Waals surface area contributed by atoms with Gasteiger partial charge in [0.05, 0.1) is 41.1 Å². The summed E-state index contributed by atoms with van der Waals surface area (Å²) in [6.45, 7) is 13.6. The molecule has 18 heteroatoms. The molecule has 2 N–H and O–H groups in total. The van der Waals surface area contributed by atoms with E-state index in [9.17, 15) is 28.4 Å². The number of hydrogen-bond donors (Lipinski definition) is 2. The van der Waals surface area contributed by atoms with E-state index in [4.69, 9.17) is 9.47 Å². The van der Waals surface area contributed by atoms with Crippen LogP contribution < -0.4 is 54.8 Å². The summed E-state index contributed by atoms with van der Waals surface area (Å²) in [6.07, 6.45) is 7.93. The Hall–Kier alpha value is -4.57. The third-order valence-corrected chi connectivity index (χ3v) is 11.8. The molecule has 1 saturated carbocycles. The van der Waals surface area contributed by atoms with Gasteiger partial charge in [0, 0.05) is 49.7 Å². The Morgan fingerprint density at radius 2 is 1.85 bits per heavy atom. The number of imide groups is 1. The number of aryl methyl sites for hydroxylation is 1. The van der Waals surface area contributed by atoms with Gasteiger partial charge in [-0.1, -0.05) is 33.1 Å². The van der Waals surface area contributed by atoms with Crippen LogP contribution in [0.15, 0.2) is 59.7 Å². The molecule has 3 aliphatic rings. The third-order valence-electron chi connectivity index (χ3n) is 10.9. The van der Waals surface area contributed by atoms with Crippen LogP contribution in [-0.4, -0.2) is 67.9 Å². The first-order chi connectivity index (χ1) is 28.8. The third kappa shape index (κ3) is 10.9. The summed E-state index contributed by atoms with van der Waals surface area (Å²) in [5, 5.41) is 17.1. The second-order valence-corrected chi connectivity index (χ2v) is 16.0. The Morgan fingerprint density at radius 3 is 2.48 bits per heavy atom. The van der Waals surface area contributed by atoms with Crippen LogP contribution in [0.5, 0.6) is 11.5 Å². The largest absolute Gasteiger partial charge is 1.00 e. The first kappa shape index (κ1) is 47.5. The zero-order valence-electron chi connectivity index (χ0n) is 35.2. The predicted molar refractivity (Wildman–Crippen MR) is 228 cm³/mol. The molecule has 0 bridgehead atoms. The van der Waals surface area contributed by atoms with Crippen LogP contribution in [-0.2, 0) is 16.6 Å². The van der Waals surface area contributed by atoms with Crippen LogP contribution in [0.1, 0.15) is 70.4 Å². The predicted octanol–water partition coefficient (Wildman–Crippen LogP) is 5.24. The molecule has 2 saturated heterocycles. The molecule has 61 heavy (non-hydrogen) atoms. The summed E-state index contributed by atoms with van der Waals surface area (Å²) in [5.74, 6) is 0.0404. The summed E-state index contributed by atoms with van der Waals surface area (Å²) in [4.78, 5) is 42.1. The quantitative estimate of drug-likeness (QED) is 0.107. The van der Waals surface area contributed by atoms with E-state index in [0.717, 1.165) is 18.0 Å². The van der Waals surface area contributed by atoms with Crippen LogP contribution in [0.3, 0.4) is 0 Å². The number of hydrogen-bond acceptors (Lipinski definition) is 11. The molecular formula is C43H49F2N9NaO5S-. The van der Waals surface area contributed by atoms with Gasteiger partial charge in [-0.3, -0.25) is 29.1 Å². The van der Waals surface area contributed by atoms with Crippen molar-refractivity contribution in [2.24, 2.45) is 13.0 Å². The van der Waals surface area contributed by atoms with Gasteiger partial charge in [0.1, 0.15) is 23.2 Å². The molecule has 2 aliphatic heterocycles. The number of amides is 3. The Morgan fingerprint density at radius 1 is 1.11 bits per heavy atom. The van der Waals surface area contributed by atoms with Gasteiger partial charge < -0.3 is 28.0 Å². The van der Waals surface area contributed by atoms with Gasteiger partial charge >= 0.3 is 35.6 Å². The number of urea groups is 1. The van der Waals surface area contributed by atoms with Crippen molar-refractivity contribution >= 4 is 57.4 Å². The molecule has 0 spiro atoms. The van der Waals surface area contributed by atoms with E-state index in [0.29, 0.717) is 53.7 Å². The zero-order valence-corrected chi connectivity index (χ0v) is 38.0. The molecule has 1 unspecified atom stereocenters. The van der Waals surface area contributed by atoms with Gasteiger partial charge in [-0.15, -0.1) is 0 Å². The topological polar surface area (TPSA) is 160 Å². The van der Waals surface area contributed by atoms with E-state index in [2.05, 4.69) is 40.9 Å². The van der Waals surface area contributed by atoms with Crippen LogP contribution in [0.4, 0.5) is 25.1 Å². The van der Waals surface area contributed by atoms with Gasteiger partial charge in [-0.05, 0) is 67.9 Å². The maximum atomic E-state index is 14.7. The minimum absolute atomic E-state index is 0. The number of carbonyl (C=O) groups excluding carboxylic acids is 2. The van der Waals surface area contributed by atoms with E-state index < -0.39 is 23.3 Å². The van der Waals surface area contributed by atoms with Crippen molar-refractivity contribution in [3.8, 4) is 17.6 Å². The number of nitrogens with zero attached hydrogens (tertiary/aromatic N) is 7. The molecule has 5 aromatic rings. The summed E-state index contributed by atoms with van der Waals surface area (Å²) in [5.41, 5.74) is 0.956. The maximum absolute atomic E-state index is 14.7. The maximum Gasteiger partial charge on any atom is 1.00 e. The summed E-state index contributed by atoms with van der Waals surface area (Å²) in [7, 11) is 3.60. The second kappa shape index (κ2) is 21.0. The number of benzene rings is 3. The normalized spacial score (nSPS) is 17.0. The van der Waals surface area contributed by atoms with Crippen molar-refractivity contribution in [2.75, 3.05) is 36.4 Å². The molecule has 1 aliphatic carbocycles. The molecule has 3 amide bonds. The van der Waals surface area contributed by atoms with Crippen molar-refractivity contribution in [1.82, 2.24) is 29.0 Å². The van der Waals surface area contributed by atoms with Gasteiger partial charge in [-0.25, -0.2) is 22.9 Å². The van der Waals surface area contributed by atoms with Crippen molar-refractivity contribution < 1.29 is 57.4 Å². The number of ether oxygens (including phenoxy) is 2. The SMILES string of the molecule is CC1CCC1.Cn1nc(N2CCC(=O)NC2=O)c2cc(F)ccc21.[CH2-]CC1(C[CH2-])CC(n2cnc3ccc(Oc4c(F)ccc(NSN(C)CC)c4C#N)cc3c2=O)CO1.[Na+]. The molecule has 14 nitrogen and oxygen atoms in total.